The van der Waals surface area contributed by atoms with Crippen molar-refractivity contribution in [1.29, 1.82) is 0 Å². The fourth-order valence-electron chi connectivity index (χ4n) is 3.57. The summed E-state index contributed by atoms with van der Waals surface area (Å²) in [6.45, 7) is -0.661. The van der Waals surface area contributed by atoms with E-state index >= 15 is 4.39 Å². The molecule has 2 aromatic carbocycles. The van der Waals surface area contributed by atoms with Crippen molar-refractivity contribution in [3.8, 4) is 11.5 Å². The van der Waals surface area contributed by atoms with E-state index in [2.05, 4.69) is 15.5 Å². The fourth-order valence-corrected chi connectivity index (χ4v) is 5.26. The van der Waals surface area contributed by atoms with Gasteiger partial charge in [-0.3, -0.25) is 4.79 Å². The monoisotopic (exact) mass is 577 g/mol. The molecule has 38 heavy (non-hydrogen) atoms. The maximum Gasteiger partial charge on any atom is 0.418 e. The highest BCUT2D eigenvalue weighted by molar-refractivity contribution is 7.91. The zero-order chi connectivity index (χ0) is 28.0. The minimum atomic E-state index is -4.96. The van der Waals surface area contributed by atoms with Crippen LogP contribution in [0.5, 0.6) is 0 Å². The van der Waals surface area contributed by atoms with Crippen molar-refractivity contribution >= 4 is 39.0 Å². The van der Waals surface area contributed by atoms with E-state index in [1.807, 2.05) is 0 Å². The minimum absolute atomic E-state index is 0.138. The molecule has 3 aromatic rings. The van der Waals surface area contributed by atoms with E-state index in [1.54, 1.807) is 24.3 Å². The lowest BCUT2D eigenvalue weighted by molar-refractivity contribution is -0.246. The zero-order valence-electron chi connectivity index (χ0n) is 19.5. The molecule has 204 valence electrons. The van der Waals surface area contributed by atoms with Crippen molar-refractivity contribution < 1.29 is 40.3 Å². The van der Waals surface area contributed by atoms with Crippen molar-refractivity contribution in [2.24, 2.45) is 5.73 Å². The third-order valence-electron chi connectivity index (χ3n) is 5.76. The van der Waals surface area contributed by atoms with E-state index < -0.39 is 74.0 Å². The van der Waals surface area contributed by atoms with Crippen LogP contribution >= 0.6 is 11.6 Å². The fraction of sp³-hybridized carbons (Fsp3) is 0.318. The van der Waals surface area contributed by atoms with Crippen molar-refractivity contribution in [3.05, 3.63) is 52.8 Å². The highest BCUT2D eigenvalue weighted by Gasteiger charge is 2.50. The first-order valence-electron chi connectivity index (χ1n) is 10.8. The first kappa shape index (κ1) is 27.8. The number of hydrogen-bond donors (Lipinski definition) is 3. The summed E-state index contributed by atoms with van der Waals surface area (Å²) in [6.07, 6.45) is -4.96. The van der Waals surface area contributed by atoms with E-state index in [9.17, 15) is 31.5 Å². The lowest BCUT2D eigenvalue weighted by Crippen LogP contribution is -2.47. The van der Waals surface area contributed by atoms with Crippen molar-refractivity contribution in [2.75, 3.05) is 22.5 Å². The van der Waals surface area contributed by atoms with Gasteiger partial charge in [-0.1, -0.05) is 28.8 Å². The molecular weight excluding hydrogens is 558 g/mol. The Labute approximate surface area is 218 Å². The number of sulfone groups is 1. The number of alkyl halides is 3. The molecule has 0 spiro atoms. The van der Waals surface area contributed by atoms with Crippen LogP contribution < -0.4 is 16.0 Å². The standard InChI is InChI=1S/C22H20ClF4N5O5S/c1-21(34,22(25,26)27)10-29-20-31-30-18(37-20)13-6-16-17(7-14(13)24)38(35,36)9-15(28)19(33)32(16)8-11-2-4-12(23)5-3-11/h2-7,15,34H,8-10,28H2,1H3,(H,29,31)/t15-,21?/m0/s1. The number of nitrogens with one attached hydrogen (secondary N) is 1. The molecule has 2 atom stereocenters. The molecule has 16 heteroatoms. The molecule has 4 N–H and O–H groups in total. The van der Waals surface area contributed by atoms with Crippen LogP contribution in [-0.2, 0) is 21.2 Å². The van der Waals surface area contributed by atoms with Gasteiger partial charge >= 0.3 is 12.2 Å². The van der Waals surface area contributed by atoms with Crippen LogP contribution in [0.1, 0.15) is 12.5 Å². The summed E-state index contributed by atoms with van der Waals surface area (Å²) in [5.74, 6) is -3.15. The van der Waals surface area contributed by atoms with Gasteiger partial charge in [0.25, 0.3) is 5.89 Å². The van der Waals surface area contributed by atoms with Crippen LogP contribution in [0.25, 0.3) is 11.5 Å². The highest BCUT2D eigenvalue weighted by Crippen LogP contribution is 2.37. The molecule has 0 radical (unpaired) electrons. The molecule has 1 aromatic heterocycles. The van der Waals surface area contributed by atoms with Gasteiger partial charge in [0.15, 0.2) is 15.4 Å². The normalized spacial score (nSPS) is 19.0. The highest BCUT2D eigenvalue weighted by atomic mass is 35.5. The maximum absolute atomic E-state index is 15.1. The summed E-state index contributed by atoms with van der Waals surface area (Å²) in [5.41, 5.74) is 2.65. The van der Waals surface area contributed by atoms with Gasteiger partial charge in [-0.05, 0) is 36.8 Å². The summed E-state index contributed by atoms with van der Waals surface area (Å²) in [6, 6.07) is 6.04. The Kier molecular flexibility index (Phi) is 7.16. The van der Waals surface area contributed by atoms with Crippen LogP contribution in [-0.4, -0.2) is 59.7 Å². The second-order valence-corrected chi connectivity index (χ2v) is 11.2. The van der Waals surface area contributed by atoms with Crippen molar-refractivity contribution in [2.45, 2.75) is 36.2 Å². The number of benzene rings is 2. The van der Waals surface area contributed by atoms with Gasteiger partial charge in [0.1, 0.15) is 5.82 Å². The molecule has 0 bridgehead atoms. The first-order chi connectivity index (χ1) is 17.6. The van der Waals surface area contributed by atoms with Crippen LogP contribution in [0, 0.1) is 5.82 Å². The Balaban J connectivity index is 1.74. The Morgan fingerprint density at radius 1 is 1.24 bits per heavy atom. The minimum Gasteiger partial charge on any atom is -0.403 e. The Morgan fingerprint density at radius 2 is 1.89 bits per heavy atom. The second kappa shape index (κ2) is 9.80. The number of aromatic nitrogens is 2. The molecule has 1 unspecified atom stereocenters. The average molecular weight is 578 g/mol. The molecule has 1 amide bonds. The zero-order valence-corrected chi connectivity index (χ0v) is 21.0. The predicted molar refractivity (Wildman–Crippen MR) is 128 cm³/mol. The molecule has 4 rings (SSSR count). The number of rotatable bonds is 6. The topological polar surface area (TPSA) is 152 Å². The predicted octanol–water partition coefficient (Wildman–Crippen LogP) is 2.90. The third-order valence-corrected chi connectivity index (χ3v) is 7.81. The summed E-state index contributed by atoms with van der Waals surface area (Å²) in [5, 5.41) is 19.2. The van der Waals surface area contributed by atoms with E-state index in [0.717, 1.165) is 11.0 Å². The van der Waals surface area contributed by atoms with Gasteiger partial charge in [-0.15, -0.1) is 5.10 Å². The molecule has 0 saturated carbocycles. The van der Waals surface area contributed by atoms with Crippen LogP contribution in [0.3, 0.4) is 0 Å². The molecule has 0 saturated heterocycles. The summed E-state index contributed by atoms with van der Waals surface area (Å²) in [4.78, 5) is 13.7. The number of aliphatic hydroxyl groups is 1. The van der Waals surface area contributed by atoms with E-state index in [-0.39, 0.29) is 12.2 Å². The van der Waals surface area contributed by atoms with Crippen LogP contribution in [0.2, 0.25) is 5.02 Å². The Bertz CT molecular complexity index is 1480. The molecule has 1 aliphatic rings. The van der Waals surface area contributed by atoms with Crippen molar-refractivity contribution in [3.63, 3.8) is 0 Å². The largest absolute Gasteiger partial charge is 0.418 e. The number of anilines is 2. The van der Waals surface area contributed by atoms with E-state index in [0.29, 0.717) is 23.6 Å². The second-order valence-electron chi connectivity index (χ2n) is 8.78. The van der Waals surface area contributed by atoms with Crippen LogP contribution in [0.4, 0.5) is 29.3 Å². The van der Waals surface area contributed by atoms with Gasteiger partial charge in [-0.2, -0.15) is 13.2 Å². The first-order valence-corrected chi connectivity index (χ1v) is 12.9. The maximum atomic E-state index is 15.1. The molecule has 2 heterocycles. The number of carbonyl (C=O) groups excluding carboxylic acids is 1. The summed E-state index contributed by atoms with van der Waals surface area (Å²) >= 11 is 5.91. The molecule has 10 nitrogen and oxygen atoms in total. The number of nitrogens with zero attached hydrogens (tertiary/aromatic N) is 3. The quantitative estimate of drug-likeness (QED) is 0.376. The lowest BCUT2D eigenvalue weighted by Gasteiger charge is -2.25. The molecular formula is C22H20ClF4N5O5S. The molecule has 1 aliphatic heterocycles. The SMILES string of the molecule is CC(O)(CNc1nnc(-c2cc3c(cc2F)S(=O)(=O)C[C@H](N)C(=O)N3Cc2ccc(Cl)cc2)o1)C(F)(F)F. The number of hydrogen-bond acceptors (Lipinski definition) is 9. The lowest BCUT2D eigenvalue weighted by atomic mass is 10.1. The van der Waals surface area contributed by atoms with Crippen molar-refractivity contribution in [1.82, 2.24) is 10.2 Å². The van der Waals surface area contributed by atoms with Gasteiger partial charge in [0.05, 0.1) is 41.0 Å². The molecule has 0 aliphatic carbocycles. The number of amides is 1. The summed E-state index contributed by atoms with van der Waals surface area (Å²) < 4.78 is 84.9. The number of carbonyl (C=O) groups is 1. The Morgan fingerprint density at radius 3 is 2.53 bits per heavy atom. The van der Waals surface area contributed by atoms with E-state index in [4.69, 9.17) is 21.8 Å². The third kappa shape index (κ3) is 5.45. The van der Waals surface area contributed by atoms with E-state index in [1.165, 1.54) is 0 Å². The van der Waals surface area contributed by atoms with Gasteiger partial charge in [0, 0.05) is 5.02 Å². The number of halogens is 5. The summed E-state index contributed by atoms with van der Waals surface area (Å²) in [7, 11) is -4.21. The smallest absolute Gasteiger partial charge is 0.403 e. The van der Waals surface area contributed by atoms with Gasteiger partial charge in [0.2, 0.25) is 5.91 Å². The van der Waals surface area contributed by atoms with Gasteiger partial charge < -0.3 is 25.5 Å². The van der Waals surface area contributed by atoms with Crippen LogP contribution in [0.15, 0.2) is 45.7 Å². The Hall–Kier alpha value is -3.27. The molecule has 0 fully saturated rings. The number of fused-ring (bicyclic) bond motifs is 1. The van der Waals surface area contributed by atoms with Gasteiger partial charge in [-0.25, -0.2) is 12.8 Å². The average Bonchev–Trinajstić information content (AvgIpc) is 3.27. The number of nitrogens with two attached hydrogens (primary N) is 1.